The number of nitrogens with zero attached hydrogens (tertiary/aromatic N) is 2. The van der Waals surface area contributed by atoms with Crippen LogP contribution in [0.1, 0.15) is 38.8 Å². The van der Waals surface area contributed by atoms with Gasteiger partial charge in [-0.05, 0) is 39.0 Å². The lowest BCUT2D eigenvalue weighted by Crippen LogP contribution is -2.27. The zero-order chi connectivity index (χ0) is 23.3. The number of aromatic nitrogens is 1. The SMILES string of the molecule is CC(C)(C)OC(=O)C[C@@H](Nc1nc(Cl)ccc1[N+](=O)[O-])c1c(Br)cccc1OC(F)F. The smallest absolute Gasteiger partial charge is 0.387 e. The molecule has 0 saturated carbocycles. The van der Waals surface area contributed by atoms with E-state index in [1.165, 1.54) is 18.2 Å². The average molecular weight is 523 g/mol. The standard InChI is InChI=1S/C19H19BrClF2N3O5/c1-19(2,3)31-15(27)9-11(16-10(20)5-4-6-13(16)30-18(22)23)24-17-12(26(28)29)7-8-14(21)25-17/h4-8,11,18H,9H2,1-3H3,(H,24,25)/t11-/m1/s1. The zero-order valence-electron chi connectivity index (χ0n) is 16.7. The number of pyridine rings is 1. The summed E-state index contributed by atoms with van der Waals surface area (Å²) in [6.45, 7) is 1.87. The number of carbonyl (C=O) groups is 1. The Balaban J connectivity index is 2.55. The molecule has 0 radical (unpaired) electrons. The normalized spacial score (nSPS) is 12.4. The Bertz CT molecular complexity index is 972. The molecule has 168 valence electrons. The lowest BCUT2D eigenvalue weighted by Gasteiger charge is -2.25. The first kappa shape index (κ1) is 24.7. The van der Waals surface area contributed by atoms with E-state index in [1.807, 2.05) is 0 Å². The quantitative estimate of drug-likeness (QED) is 0.199. The molecule has 0 aliphatic carbocycles. The molecular weight excluding hydrogens is 504 g/mol. The summed E-state index contributed by atoms with van der Waals surface area (Å²) in [7, 11) is 0. The van der Waals surface area contributed by atoms with Crippen LogP contribution >= 0.6 is 27.5 Å². The fourth-order valence-electron chi connectivity index (χ4n) is 2.68. The first-order chi connectivity index (χ1) is 14.4. The molecule has 1 atom stereocenters. The number of anilines is 1. The monoisotopic (exact) mass is 521 g/mol. The van der Waals surface area contributed by atoms with Crippen molar-refractivity contribution in [3.05, 3.63) is 55.6 Å². The Hall–Kier alpha value is -2.53. The number of ether oxygens (including phenoxy) is 2. The molecule has 12 heteroatoms. The van der Waals surface area contributed by atoms with Crippen LogP contribution in [0.3, 0.4) is 0 Å². The molecule has 0 amide bonds. The van der Waals surface area contributed by atoms with E-state index in [0.29, 0.717) is 4.47 Å². The van der Waals surface area contributed by atoms with Gasteiger partial charge in [-0.25, -0.2) is 4.98 Å². The first-order valence-corrected chi connectivity index (χ1v) is 10.1. The lowest BCUT2D eigenvalue weighted by molar-refractivity contribution is -0.384. The number of halogens is 4. The molecule has 2 aromatic rings. The van der Waals surface area contributed by atoms with Gasteiger partial charge in [-0.15, -0.1) is 0 Å². The van der Waals surface area contributed by atoms with Crippen LogP contribution in [0.15, 0.2) is 34.8 Å². The number of nitrogens with one attached hydrogen (secondary N) is 1. The Kier molecular flexibility index (Phi) is 8.13. The molecule has 1 N–H and O–H groups in total. The van der Waals surface area contributed by atoms with Crippen molar-refractivity contribution in [2.45, 2.75) is 45.4 Å². The van der Waals surface area contributed by atoms with Crippen molar-refractivity contribution >= 4 is 45.0 Å². The summed E-state index contributed by atoms with van der Waals surface area (Å²) in [4.78, 5) is 27.1. The molecule has 0 spiro atoms. The van der Waals surface area contributed by atoms with Crippen molar-refractivity contribution in [2.75, 3.05) is 5.32 Å². The molecule has 1 aromatic carbocycles. The van der Waals surface area contributed by atoms with Crippen LogP contribution in [0.25, 0.3) is 0 Å². The molecule has 0 saturated heterocycles. The van der Waals surface area contributed by atoms with E-state index in [9.17, 15) is 23.7 Å². The van der Waals surface area contributed by atoms with Crippen LogP contribution in [-0.4, -0.2) is 28.1 Å². The highest BCUT2D eigenvalue weighted by molar-refractivity contribution is 9.10. The highest BCUT2D eigenvalue weighted by Crippen LogP contribution is 2.38. The number of esters is 1. The van der Waals surface area contributed by atoms with Gasteiger partial charge in [-0.1, -0.05) is 33.6 Å². The molecule has 2 rings (SSSR count). The van der Waals surface area contributed by atoms with Gasteiger partial charge in [0.2, 0.25) is 5.82 Å². The second-order valence-electron chi connectivity index (χ2n) is 7.28. The van der Waals surface area contributed by atoms with Crippen LogP contribution < -0.4 is 10.1 Å². The number of benzene rings is 1. The van der Waals surface area contributed by atoms with E-state index >= 15 is 0 Å². The van der Waals surface area contributed by atoms with E-state index in [2.05, 4.69) is 31.0 Å². The highest BCUT2D eigenvalue weighted by atomic mass is 79.9. The van der Waals surface area contributed by atoms with Crippen LogP contribution in [0.5, 0.6) is 5.75 Å². The van der Waals surface area contributed by atoms with Crippen LogP contribution in [0.4, 0.5) is 20.3 Å². The van der Waals surface area contributed by atoms with Gasteiger partial charge in [0.1, 0.15) is 16.5 Å². The minimum absolute atomic E-state index is 0.0414. The van der Waals surface area contributed by atoms with Crippen molar-refractivity contribution in [3.63, 3.8) is 0 Å². The third kappa shape index (κ3) is 7.28. The Labute approximate surface area is 190 Å². The van der Waals surface area contributed by atoms with Crippen molar-refractivity contribution in [3.8, 4) is 5.75 Å². The van der Waals surface area contributed by atoms with E-state index < -0.39 is 34.8 Å². The summed E-state index contributed by atoms with van der Waals surface area (Å²) in [5.74, 6) is -1.15. The van der Waals surface area contributed by atoms with Crippen molar-refractivity contribution in [2.24, 2.45) is 0 Å². The number of alkyl halides is 2. The zero-order valence-corrected chi connectivity index (χ0v) is 19.0. The third-order valence-electron chi connectivity index (χ3n) is 3.72. The van der Waals surface area contributed by atoms with E-state index in [0.717, 1.165) is 6.07 Å². The summed E-state index contributed by atoms with van der Waals surface area (Å²) < 4.78 is 36.2. The summed E-state index contributed by atoms with van der Waals surface area (Å²) in [6, 6.07) is 5.60. The lowest BCUT2D eigenvalue weighted by atomic mass is 10.0. The van der Waals surface area contributed by atoms with E-state index in [4.69, 9.17) is 16.3 Å². The van der Waals surface area contributed by atoms with Gasteiger partial charge in [0, 0.05) is 16.1 Å². The fourth-order valence-corrected chi connectivity index (χ4v) is 3.45. The molecule has 0 fully saturated rings. The van der Waals surface area contributed by atoms with Gasteiger partial charge in [0.05, 0.1) is 17.4 Å². The predicted octanol–water partition coefficient (Wildman–Crippen LogP) is 5.89. The van der Waals surface area contributed by atoms with Crippen LogP contribution in [0, 0.1) is 10.1 Å². The van der Waals surface area contributed by atoms with Crippen molar-refractivity contribution in [1.82, 2.24) is 4.98 Å². The molecule has 0 unspecified atom stereocenters. The minimum atomic E-state index is -3.13. The second kappa shape index (κ2) is 10.2. The first-order valence-electron chi connectivity index (χ1n) is 8.90. The third-order valence-corrected chi connectivity index (χ3v) is 4.62. The maximum Gasteiger partial charge on any atom is 0.387 e. The van der Waals surface area contributed by atoms with Crippen LogP contribution in [0.2, 0.25) is 5.15 Å². The van der Waals surface area contributed by atoms with Gasteiger partial charge in [0.25, 0.3) is 0 Å². The van der Waals surface area contributed by atoms with Crippen LogP contribution in [-0.2, 0) is 9.53 Å². The molecule has 1 heterocycles. The highest BCUT2D eigenvalue weighted by Gasteiger charge is 2.29. The topological polar surface area (TPSA) is 104 Å². The van der Waals surface area contributed by atoms with Gasteiger partial charge in [-0.2, -0.15) is 8.78 Å². The van der Waals surface area contributed by atoms with Crippen molar-refractivity contribution < 1.29 is 28.0 Å². The molecule has 8 nitrogen and oxygen atoms in total. The largest absolute Gasteiger partial charge is 0.460 e. The molecule has 31 heavy (non-hydrogen) atoms. The Morgan fingerprint density at radius 3 is 2.58 bits per heavy atom. The number of hydrogen-bond acceptors (Lipinski definition) is 7. The summed E-state index contributed by atoms with van der Waals surface area (Å²) in [5.41, 5.74) is -1.09. The summed E-state index contributed by atoms with van der Waals surface area (Å²) in [5, 5.41) is 14.1. The Morgan fingerprint density at radius 1 is 1.32 bits per heavy atom. The number of rotatable bonds is 8. The number of nitro groups is 1. The predicted molar refractivity (Wildman–Crippen MR) is 114 cm³/mol. The van der Waals surface area contributed by atoms with Gasteiger partial charge < -0.3 is 14.8 Å². The summed E-state index contributed by atoms with van der Waals surface area (Å²) in [6.07, 6.45) is -0.370. The Morgan fingerprint density at radius 2 is 2.00 bits per heavy atom. The fraction of sp³-hybridized carbons (Fsp3) is 0.368. The van der Waals surface area contributed by atoms with Gasteiger partial charge in [0.15, 0.2) is 0 Å². The summed E-state index contributed by atoms with van der Waals surface area (Å²) >= 11 is 9.14. The molecule has 1 aromatic heterocycles. The number of hydrogen-bond donors (Lipinski definition) is 1. The maximum atomic E-state index is 13.0. The maximum absolute atomic E-state index is 13.0. The number of carbonyl (C=O) groups excluding carboxylic acids is 1. The molecule has 0 aliphatic heterocycles. The average Bonchev–Trinajstić information content (AvgIpc) is 2.59. The van der Waals surface area contributed by atoms with Crippen molar-refractivity contribution in [1.29, 1.82) is 0 Å². The molecule has 0 bridgehead atoms. The molecular formula is C19H19BrClF2N3O5. The molecule has 0 aliphatic rings. The van der Waals surface area contributed by atoms with E-state index in [-0.39, 0.29) is 28.7 Å². The second-order valence-corrected chi connectivity index (χ2v) is 8.52. The van der Waals surface area contributed by atoms with Gasteiger partial charge in [-0.3, -0.25) is 14.9 Å². The van der Waals surface area contributed by atoms with Gasteiger partial charge >= 0.3 is 18.3 Å². The van der Waals surface area contributed by atoms with E-state index in [1.54, 1.807) is 26.8 Å². The minimum Gasteiger partial charge on any atom is -0.460 e.